The molecule has 2 aromatic rings. The standard InChI is InChI=1S/C23H22N2O2S2/c28-22(16-8-3-1-4-9-16)18-14-26-20(24-18)12-7-13-21-25-19(15-27-21)23(29)17-10-5-2-6-11-17/h1-6,8-11,18-19H,7,12-15H2. The van der Waals surface area contributed by atoms with Crippen molar-refractivity contribution in [3.8, 4) is 0 Å². The summed E-state index contributed by atoms with van der Waals surface area (Å²) in [7, 11) is 0. The molecule has 2 unspecified atom stereocenters. The second kappa shape index (κ2) is 9.37. The Morgan fingerprint density at radius 1 is 0.724 bits per heavy atom. The van der Waals surface area contributed by atoms with E-state index in [0.717, 1.165) is 51.9 Å². The highest BCUT2D eigenvalue weighted by Gasteiger charge is 2.25. The van der Waals surface area contributed by atoms with Crippen molar-refractivity contribution in [2.45, 2.75) is 31.3 Å². The smallest absolute Gasteiger partial charge is 0.184 e. The van der Waals surface area contributed by atoms with Crippen LogP contribution in [0.25, 0.3) is 0 Å². The fourth-order valence-corrected chi connectivity index (χ4v) is 3.88. The summed E-state index contributed by atoms with van der Waals surface area (Å²) in [5, 5.41) is 0. The Bertz CT molecular complexity index is 864. The minimum absolute atomic E-state index is 0.0740. The molecule has 6 heteroatoms. The van der Waals surface area contributed by atoms with Crippen molar-refractivity contribution in [1.29, 1.82) is 0 Å². The Hall–Kier alpha value is -2.44. The average Bonchev–Trinajstić information content (AvgIpc) is 3.44. The minimum Gasteiger partial charge on any atom is -0.478 e. The zero-order valence-corrected chi connectivity index (χ0v) is 17.6. The molecule has 2 aliphatic rings. The molecule has 0 N–H and O–H groups in total. The van der Waals surface area contributed by atoms with Gasteiger partial charge in [0.15, 0.2) is 11.8 Å². The van der Waals surface area contributed by atoms with E-state index in [9.17, 15) is 0 Å². The van der Waals surface area contributed by atoms with Gasteiger partial charge in [-0.05, 0) is 17.5 Å². The molecule has 148 valence electrons. The van der Waals surface area contributed by atoms with Gasteiger partial charge in [-0.15, -0.1) is 0 Å². The Morgan fingerprint density at radius 2 is 1.14 bits per heavy atom. The molecule has 0 aromatic heterocycles. The third-order valence-electron chi connectivity index (χ3n) is 4.92. The van der Waals surface area contributed by atoms with E-state index in [1.165, 1.54) is 0 Å². The Labute approximate surface area is 181 Å². The lowest BCUT2D eigenvalue weighted by Gasteiger charge is -2.06. The molecule has 0 spiro atoms. The number of aliphatic imine (C=N–C) groups is 2. The van der Waals surface area contributed by atoms with E-state index in [1.807, 2.05) is 60.7 Å². The van der Waals surface area contributed by atoms with Gasteiger partial charge >= 0.3 is 0 Å². The number of nitrogens with zero attached hydrogens (tertiary/aromatic N) is 2. The maximum absolute atomic E-state index is 5.75. The fraction of sp³-hybridized carbons (Fsp3) is 0.304. The highest BCUT2D eigenvalue weighted by Crippen LogP contribution is 2.18. The van der Waals surface area contributed by atoms with Crippen molar-refractivity contribution in [3.63, 3.8) is 0 Å². The summed E-state index contributed by atoms with van der Waals surface area (Å²) < 4.78 is 11.5. The first-order valence-corrected chi connectivity index (χ1v) is 10.6. The third kappa shape index (κ3) is 4.95. The van der Waals surface area contributed by atoms with Gasteiger partial charge in [-0.1, -0.05) is 85.1 Å². The van der Waals surface area contributed by atoms with E-state index in [0.29, 0.717) is 13.2 Å². The summed E-state index contributed by atoms with van der Waals surface area (Å²) in [5.41, 5.74) is 2.07. The van der Waals surface area contributed by atoms with E-state index in [1.54, 1.807) is 0 Å². The zero-order valence-electron chi connectivity index (χ0n) is 16.0. The van der Waals surface area contributed by atoms with Crippen molar-refractivity contribution in [3.05, 3.63) is 71.8 Å². The van der Waals surface area contributed by atoms with E-state index < -0.39 is 0 Å². The van der Waals surface area contributed by atoms with Crippen LogP contribution in [0.3, 0.4) is 0 Å². The number of thiocarbonyl (C=S) groups is 2. The highest BCUT2D eigenvalue weighted by atomic mass is 32.1. The van der Waals surface area contributed by atoms with Gasteiger partial charge in [0.25, 0.3) is 0 Å². The van der Waals surface area contributed by atoms with Gasteiger partial charge in [-0.3, -0.25) is 0 Å². The molecule has 2 heterocycles. The van der Waals surface area contributed by atoms with Gasteiger partial charge in [0.2, 0.25) is 0 Å². The molecular weight excluding hydrogens is 400 g/mol. The maximum atomic E-state index is 5.75. The molecule has 2 aliphatic heterocycles. The van der Waals surface area contributed by atoms with Crippen LogP contribution in [0.15, 0.2) is 70.6 Å². The predicted octanol–water partition coefficient (Wildman–Crippen LogP) is 4.59. The summed E-state index contributed by atoms with van der Waals surface area (Å²) >= 11 is 11.1. The monoisotopic (exact) mass is 422 g/mol. The summed E-state index contributed by atoms with van der Waals surface area (Å²) in [5.74, 6) is 1.53. The van der Waals surface area contributed by atoms with Crippen molar-refractivity contribution in [2.75, 3.05) is 13.2 Å². The second-order valence-corrected chi connectivity index (χ2v) is 7.89. The predicted molar refractivity (Wildman–Crippen MR) is 124 cm³/mol. The summed E-state index contributed by atoms with van der Waals surface area (Å²) in [6, 6.07) is 19.8. The molecule has 0 saturated carbocycles. The topological polar surface area (TPSA) is 43.2 Å². The largest absolute Gasteiger partial charge is 0.478 e. The SMILES string of the molecule is S=C(c1ccccc1)C1COC(CCCC2=NC(C(=S)c3ccccc3)CO2)=N1. The Balaban J connectivity index is 1.26. The van der Waals surface area contributed by atoms with Crippen LogP contribution in [0.5, 0.6) is 0 Å². The highest BCUT2D eigenvalue weighted by molar-refractivity contribution is 7.81. The van der Waals surface area contributed by atoms with Gasteiger partial charge in [0.1, 0.15) is 25.3 Å². The van der Waals surface area contributed by atoms with Crippen LogP contribution in [0.2, 0.25) is 0 Å². The lowest BCUT2D eigenvalue weighted by molar-refractivity contribution is 0.321. The molecule has 2 atom stereocenters. The first kappa shape index (κ1) is 19.9. The number of ether oxygens (including phenoxy) is 2. The Morgan fingerprint density at radius 3 is 1.55 bits per heavy atom. The summed E-state index contributed by atoms with van der Waals surface area (Å²) in [6.45, 7) is 1.04. The summed E-state index contributed by atoms with van der Waals surface area (Å²) in [6.07, 6.45) is 2.38. The molecule has 0 radical (unpaired) electrons. The van der Waals surface area contributed by atoms with Gasteiger partial charge < -0.3 is 9.47 Å². The van der Waals surface area contributed by atoms with Gasteiger partial charge in [0.05, 0.1) is 9.73 Å². The Kier molecular flexibility index (Phi) is 6.42. The fourth-order valence-electron chi connectivity index (χ4n) is 3.37. The molecule has 4 nitrogen and oxygen atoms in total. The maximum Gasteiger partial charge on any atom is 0.184 e. The van der Waals surface area contributed by atoms with Crippen molar-refractivity contribution < 1.29 is 9.47 Å². The molecule has 0 bridgehead atoms. The van der Waals surface area contributed by atoms with E-state index >= 15 is 0 Å². The quantitative estimate of drug-likeness (QED) is 0.461. The first-order chi connectivity index (χ1) is 14.2. The third-order valence-corrected chi connectivity index (χ3v) is 5.93. The van der Waals surface area contributed by atoms with Crippen LogP contribution in [-0.4, -0.2) is 46.8 Å². The number of benzene rings is 2. The van der Waals surface area contributed by atoms with Crippen LogP contribution in [0.1, 0.15) is 30.4 Å². The zero-order chi connectivity index (χ0) is 20.1. The lowest BCUT2D eigenvalue weighted by Crippen LogP contribution is -2.18. The average molecular weight is 423 g/mol. The molecule has 2 aromatic carbocycles. The second-order valence-electron chi connectivity index (χ2n) is 7.01. The first-order valence-electron chi connectivity index (χ1n) is 9.78. The van der Waals surface area contributed by atoms with E-state index in [2.05, 4.69) is 9.98 Å². The van der Waals surface area contributed by atoms with Gasteiger partial charge in [-0.2, -0.15) is 0 Å². The van der Waals surface area contributed by atoms with Crippen molar-refractivity contribution in [2.24, 2.45) is 9.98 Å². The van der Waals surface area contributed by atoms with Crippen LogP contribution >= 0.6 is 24.4 Å². The lowest BCUT2D eigenvalue weighted by atomic mass is 10.1. The number of rotatable bonds is 8. The van der Waals surface area contributed by atoms with Gasteiger partial charge in [-0.25, -0.2) is 9.98 Å². The molecule has 29 heavy (non-hydrogen) atoms. The van der Waals surface area contributed by atoms with E-state index in [4.69, 9.17) is 33.9 Å². The van der Waals surface area contributed by atoms with Crippen molar-refractivity contribution >= 4 is 46.0 Å². The van der Waals surface area contributed by atoms with Crippen LogP contribution < -0.4 is 0 Å². The number of hydrogen-bond donors (Lipinski definition) is 0. The molecule has 4 rings (SSSR count). The minimum atomic E-state index is -0.0740. The molecule has 0 amide bonds. The summed E-state index contributed by atoms with van der Waals surface area (Å²) in [4.78, 5) is 11.0. The van der Waals surface area contributed by atoms with Crippen LogP contribution in [0.4, 0.5) is 0 Å². The van der Waals surface area contributed by atoms with E-state index in [-0.39, 0.29) is 12.1 Å². The van der Waals surface area contributed by atoms with Gasteiger partial charge in [0, 0.05) is 12.8 Å². The molecule has 0 saturated heterocycles. The number of hydrogen-bond acceptors (Lipinski definition) is 6. The van der Waals surface area contributed by atoms with Crippen LogP contribution in [0, 0.1) is 0 Å². The molecule has 0 fully saturated rings. The molecule has 0 aliphatic carbocycles. The van der Waals surface area contributed by atoms with Crippen LogP contribution in [-0.2, 0) is 9.47 Å². The molecular formula is C23H22N2O2S2. The van der Waals surface area contributed by atoms with Crippen molar-refractivity contribution in [1.82, 2.24) is 0 Å². The normalized spacial score (nSPS) is 20.4.